The topological polar surface area (TPSA) is 0 Å². The van der Waals surface area contributed by atoms with E-state index in [-0.39, 0.29) is 0 Å². The van der Waals surface area contributed by atoms with E-state index in [0.717, 1.165) is 31.3 Å². The van der Waals surface area contributed by atoms with E-state index in [9.17, 15) is 4.39 Å². The van der Waals surface area contributed by atoms with E-state index in [2.05, 4.69) is 25.6 Å². The zero-order valence-corrected chi connectivity index (χ0v) is 11.3. The van der Waals surface area contributed by atoms with Crippen LogP contribution >= 0.6 is 0 Å². The van der Waals surface area contributed by atoms with Gasteiger partial charge in [0.2, 0.25) is 0 Å². The molecule has 0 nitrogen and oxygen atoms in total. The van der Waals surface area contributed by atoms with Crippen molar-refractivity contribution in [1.82, 2.24) is 0 Å². The van der Waals surface area contributed by atoms with E-state index in [4.69, 9.17) is 0 Å². The first-order valence-corrected chi connectivity index (χ1v) is 6.74. The molecule has 0 N–H and O–H groups in total. The third-order valence-corrected chi connectivity index (χ3v) is 3.82. The van der Waals surface area contributed by atoms with E-state index in [1.165, 1.54) is 22.3 Å². The highest BCUT2D eigenvalue weighted by Gasteiger charge is 2.24. The summed E-state index contributed by atoms with van der Waals surface area (Å²) in [7, 11) is 0. The molecular formula is C17H21F. The second-order valence-electron chi connectivity index (χ2n) is 5.06. The summed E-state index contributed by atoms with van der Waals surface area (Å²) in [6.45, 7) is 7.82. The molecule has 0 saturated carbocycles. The van der Waals surface area contributed by atoms with Gasteiger partial charge in [0.15, 0.2) is 0 Å². The number of hydrogen-bond acceptors (Lipinski definition) is 0. The molecule has 1 aromatic carbocycles. The smallest absolute Gasteiger partial charge is 0.119 e. The second-order valence-corrected chi connectivity index (χ2v) is 5.06. The van der Waals surface area contributed by atoms with Crippen molar-refractivity contribution in [2.45, 2.75) is 45.7 Å². The van der Waals surface area contributed by atoms with Crippen LogP contribution < -0.4 is 0 Å². The lowest BCUT2D eigenvalue weighted by Gasteiger charge is -2.10. The maximum atomic E-state index is 13.7. The Kier molecular flexibility index (Phi) is 4.00. The van der Waals surface area contributed by atoms with Gasteiger partial charge in [0.05, 0.1) is 0 Å². The molecule has 96 valence electrons. The quantitative estimate of drug-likeness (QED) is 0.632. The van der Waals surface area contributed by atoms with E-state index in [1.807, 2.05) is 12.1 Å². The molecule has 1 heteroatoms. The molecule has 0 saturated heterocycles. The molecule has 2 rings (SSSR count). The van der Waals surface area contributed by atoms with E-state index in [1.54, 1.807) is 6.92 Å². The molecule has 0 amide bonds. The van der Waals surface area contributed by atoms with Crippen LogP contribution in [0.3, 0.4) is 0 Å². The van der Waals surface area contributed by atoms with E-state index < -0.39 is 6.17 Å². The van der Waals surface area contributed by atoms with Gasteiger partial charge in [-0.2, -0.15) is 0 Å². The standard InChI is InChI=1S/C17H21F/c1-4-12(2)9-10-16-15-8-6-5-7-14(15)11-17(16)13(3)18/h5-8,13H,2,4,9-11H2,1,3H3. The van der Waals surface area contributed by atoms with Crippen molar-refractivity contribution in [3.05, 3.63) is 53.1 Å². The average Bonchev–Trinajstić information content (AvgIpc) is 2.75. The lowest BCUT2D eigenvalue weighted by atomic mass is 9.96. The van der Waals surface area contributed by atoms with Crippen LogP contribution in [0.15, 0.2) is 42.0 Å². The summed E-state index contributed by atoms with van der Waals surface area (Å²) < 4.78 is 13.7. The van der Waals surface area contributed by atoms with E-state index in [0.29, 0.717) is 0 Å². The zero-order valence-electron chi connectivity index (χ0n) is 11.3. The Morgan fingerprint density at radius 3 is 2.78 bits per heavy atom. The van der Waals surface area contributed by atoms with Crippen molar-refractivity contribution in [2.24, 2.45) is 0 Å². The molecule has 0 heterocycles. The van der Waals surface area contributed by atoms with Crippen molar-refractivity contribution >= 4 is 5.57 Å². The number of hydrogen-bond donors (Lipinski definition) is 0. The summed E-state index contributed by atoms with van der Waals surface area (Å²) in [6, 6.07) is 8.31. The normalized spacial score (nSPS) is 15.7. The molecule has 18 heavy (non-hydrogen) atoms. The molecular weight excluding hydrogens is 223 g/mol. The van der Waals surface area contributed by atoms with Crippen LogP contribution in [0.1, 0.15) is 44.2 Å². The van der Waals surface area contributed by atoms with Crippen molar-refractivity contribution < 1.29 is 4.39 Å². The molecule has 1 atom stereocenters. The summed E-state index contributed by atoms with van der Waals surface area (Å²) in [6.07, 6.45) is 2.84. The number of allylic oxidation sites excluding steroid dienone is 3. The average molecular weight is 244 g/mol. The van der Waals surface area contributed by atoms with Gasteiger partial charge in [-0.3, -0.25) is 0 Å². The molecule has 1 aliphatic carbocycles. The number of alkyl halides is 1. The van der Waals surface area contributed by atoms with Crippen LogP contribution in [0.4, 0.5) is 4.39 Å². The van der Waals surface area contributed by atoms with Crippen LogP contribution in [0.5, 0.6) is 0 Å². The van der Waals surface area contributed by atoms with Gasteiger partial charge in [0.25, 0.3) is 0 Å². The van der Waals surface area contributed by atoms with Crippen LogP contribution in [-0.4, -0.2) is 6.17 Å². The van der Waals surface area contributed by atoms with Crippen molar-refractivity contribution in [2.75, 3.05) is 0 Å². The fraction of sp³-hybridized carbons (Fsp3) is 0.412. The Morgan fingerprint density at radius 2 is 2.11 bits per heavy atom. The van der Waals surface area contributed by atoms with Gasteiger partial charge in [-0.15, -0.1) is 0 Å². The molecule has 0 bridgehead atoms. The summed E-state index contributed by atoms with van der Waals surface area (Å²) in [5, 5.41) is 0. The largest absolute Gasteiger partial charge is 0.243 e. The first-order valence-electron chi connectivity index (χ1n) is 6.74. The summed E-state index contributed by atoms with van der Waals surface area (Å²) in [4.78, 5) is 0. The zero-order chi connectivity index (χ0) is 13.1. The lowest BCUT2D eigenvalue weighted by Crippen LogP contribution is -2.00. The minimum Gasteiger partial charge on any atom is -0.243 e. The highest BCUT2D eigenvalue weighted by Crippen LogP contribution is 2.38. The number of rotatable bonds is 5. The predicted octanol–water partition coefficient (Wildman–Crippen LogP) is 5.10. The second kappa shape index (κ2) is 5.51. The Balaban J connectivity index is 2.26. The van der Waals surface area contributed by atoms with Gasteiger partial charge in [0, 0.05) is 0 Å². The predicted molar refractivity (Wildman–Crippen MR) is 76.3 cm³/mol. The first kappa shape index (κ1) is 13.1. The van der Waals surface area contributed by atoms with Crippen LogP contribution in [0.2, 0.25) is 0 Å². The van der Waals surface area contributed by atoms with E-state index >= 15 is 0 Å². The molecule has 1 aliphatic rings. The third-order valence-electron chi connectivity index (χ3n) is 3.82. The highest BCUT2D eigenvalue weighted by molar-refractivity contribution is 5.77. The molecule has 0 radical (unpaired) electrons. The number of fused-ring (bicyclic) bond motifs is 1. The highest BCUT2D eigenvalue weighted by atomic mass is 19.1. The Labute approximate surface area is 109 Å². The third kappa shape index (κ3) is 2.55. The first-order chi connectivity index (χ1) is 8.63. The van der Waals surface area contributed by atoms with Gasteiger partial charge in [-0.1, -0.05) is 43.3 Å². The van der Waals surface area contributed by atoms with Crippen LogP contribution in [0, 0.1) is 0 Å². The Bertz CT molecular complexity index is 480. The summed E-state index contributed by atoms with van der Waals surface area (Å²) >= 11 is 0. The number of benzene rings is 1. The van der Waals surface area contributed by atoms with Gasteiger partial charge in [-0.05, 0) is 54.9 Å². The molecule has 0 aromatic heterocycles. The van der Waals surface area contributed by atoms with Crippen molar-refractivity contribution in [1.29, 1.82) is 0 Å². The maximum absolute atomic E-state index is 13.7. The van der Waals surface area contributed by atoms with Gasteiger partial charge in [0.1, 0.15) is 6.17 Å². The monoisotopic (exact) mass is 244 g/mol. The van der Waals surface area contributed by atoms with Gasteiger partial charge in [-0.25, -0.2) is 4.39 Å². The maximum Gasteiger partial charge on any atom is 0.119 e. The minimum atomic E-state index is -0.845. The summed E-state index contributed by atoms with van der Waals surface area (Å²) in [5.41, 5.74) is 5.96. The van der Waals surface area contributed by atoms with Crippen LogP contribution in [0.25, 0.3) is 5.57 Å². The van der Waals surface area contributed by atoms with Gasteiger partial charge >= 0.3 is 0 Å². The Hall–Kier alpha value is -1.37. The SMILES string of the molecule is C=C(CC)CCC1=C(C(C)F)Cc2ccccc21. The minimum absolute atomic E-state index is 0.780. The van der Waals surface area contributed by atoms with Gasteiger partial charge < -0.3 is 0 Å². The van der Waals surface area contributed by atoms with Crippen LogP contribution in [-0.2, 0) is 6.42 Å². The number of halogens is 1. The van der Waals surface area contributed by atoms with Crippen molar-refractivity contribution in [3.8, 4) is 0 Å². The lowest BCUT2D eigenvalue weighted by molar-refractivity contribution is 0.407. The fourth-order valence-electron chi connectivity index (χ4n) is 2.61. The molecule has 0 aliphatic heterocycles. The summed E-state index contributed by atoms with van der Waals surface area (Å²) in [5.74, 6) is 0. The Morgan fingerprint density at radius 1 is 1.39 bits per heavy atom. The van der Waals surface area contributed by atoms with Crippen molar-refractivity contribution in [3.63, 3.8) is 0 Å². The molecule has 0 fully saturated rings. The fourth-order valence-corrected chi connectivity index (χ4v) is 2.61. The molecule has 1 aromatic rings. The molecule has 0 spiro atoms. The molecule has 1 unspecified atom stereocenters.